The lowest BCUT2D eigenvalue weighted by atomic mass is 10.1. The fourth-order valence-corrected chi connectivity index (χ4v) is 2.41. The first-order valence-electron chi connectivity index (χ1n) is 6.23. The summed E-state index contributed by atoms with van der Waals surface area (Å²) in [5.74, 6) is 0.645. The van der Waals surface area contributed by atoms with Crippen molar-refractivity contribution in [2.24, 2.45) is 0 Å². The average Bonchev–Trinajstić information content (AvgIpc) is 2.93. The molecule has 0 unspecified atom stereocenters. The van der Waals surface area contributed by atoms with Crippen LogP contribution >= 0.6 is 0 Å². The van der Waals surface area contributed by atoms with E-state index in [0.717, 1.165) is 30.0 Å². The molecule has 2 aromatic rings. The summed E-state index contributed by atoms with van der Waals surface area (Å²) in [5, 5.41) is 13.8. The fourth-order valence-electron chi connectivity index (χ4n) is 2.41. The third-order valence-electron chi connectivity index (χ3n) is 3.34. The minimum Gasteiger partial charge on any atom is -0.397 e. The molecule has 1 aliphatic rings. The lowest BCUT2D eigenvalue weighted by Crippen LogP contribution is -2.29. The van der Waals surface area contributed by atoms with Gasteiger partial charge in [0.1, 0.15) is 0 Å². The maximum absolute atomic E-state index is 6.13. The molecule has 2 heterocycles. The number of hydrogen-bond donors (Lipinski definition) is 2. The number of piperidine rings is 1. The maximum atomic E-state index is 6.13. The Balaban J connectivity index is 1.89. The second-order valence-electron chi connectivity index (χ2n) is 4.57. The first-order chi connectivity index (χ1) is 8.84. The molecule has 0 atom stereocenters. The lowest BCUT2D eigenvalue weighted by molar-refractivity contribution is 0.578. The van der Waals surface area contributed by atoms with E-state index in [1.165, 1.54) is 19.3 Å². The highest BCUT2D eigenvalue weighted by atomic mass is 15.5. The van der Waals surface area contributed by atoms with Crippen molar-refractivity contribution in [3.63, 3.8) is 0 Å². The number of tetrazole rings is 1. The minimum atomic E-state index is 0.645. The molecule has 6 nitrogen and oxygen atoms in total. The first kappa shape index (κ1) is 11.0. The van der Waals surface area contributed by atoms with Crippen molar-refractivity contribution >= 4 is 11.4 Å². The Morgan fingerprint density at radius 1 is 1.17 bits per heavy atom. The molecule has 6 heteroatoms. The van der Waals surface area contributed by atoms with Crippen LogP contribution < -0.4 is 10.6 Å². The third-order valence-corrected chi connectivity index (χ3v) is 3.34. The molecule has 1 saturated heterocycles. The van der Waals surface area contributed by atoms with Crippen molar-refractivity contribution in [3.05, 3.63) is 18.2 Å². The molecular weight excluding hydrogens is 228 g/mol. The first-order valence-corrected chi connectivity index (χ1v) is 6.23. The van der Waals surface area contributed by atoms with Crippen LogP contribution in [0.15, 0.2) is 18.2 Å². The molecule has 3 N–H and O–H groups in total. The summed E-state index contributed by atoms with van der Waals surface area (Å²) in [7, 11) is 0. The number of benzene rings is 1. The highest BCUT2D eigenvalue weighted by Crippen LogP contribution is 2.29. The van der Waals surface area contributed by atoms with Crippen LogP contribution in [0.25, 0.3) is 11.4 Å². The van der Waals surface area contributed by atoms with E-state index in [9.17, 15) is 0 Å². The van der Waals surface area contributed by atoms with Gasteiger partial charge < -0.3 is 10.6 Å². The Kier molecular flexibility index (Phi) is 2.84. The van der Waals surface area contributed by atoms with E-state index in [-0.39, 0.29) is 0 Å². The quantitative estimate of drug-likeness (QED) is 0.781. The van der Waals surface area contributed by atoms with Gasteiger partial charge in [-0.3, -0.25) is 0 Å². The van der Waals surface area contributed by atoms with Gasteiger partial charge in [0.2, 0.25) is 0 Å². The third kappa shape index (κ3) is 2.01. The molecule has 94 valence electrons. The molecule has 3 rings (SSSR count). The van der Waals surface area contributed by atoms with Gasteiger partial charge in [-0.2, -0.15) is 0 Å². The number of nitrogens with one attached hydrogen (secondary N) is 1. The highest BCUT2D eigenvalue weighted by molar-refractivity contribution is 5.74. The van der Waals surface area contributed by atoms with Crippen molar-refractivity contribution < 1.29 is 0 Å². The Morgan fingerprint density at radius 3 is 2.67 bits per heavy atom. The molecule has 0 bridgehead atoms. The van der Waals surface area contributed by atoms with Crippen LogP contribution in [0.2, 0.25) is 0 Å². The summed E-state index contributed by atoms with van der Waals surface area (Å²) in [4.78, 5) is 2.35. The van der Waals surface area contributed by atoms with Gasteiger partial charge in [0.05, 0.1) is 11.4 Å². The number of nitrogen functional groups attached to an aromatic ring is 1. The zero-order valence-corrected chi connectivity index (χ0v) is 10.1. The van der Waals surface area contributed by atoms with E-state index in [2.05, 4.69) is 31.6 Å². The number of anilines is 2. The number of aromatic nitrogens is 4. The second-order valence-corrected chi connectivity index (χ2v) is 4.57. The van der Waals surface area contributed by atoms with Gasteiger partial charge in [-0.15, -0.1) is 5.10 Å². The predicted octanol–water partition coefficient (Wildman–Crippen LogP) is 1.44. The lowest BCUT2D eigenvalue weighted by Gasteiger charge is -2.29. The van der Waals surface area contributed by atoms with E-state index < -0.39 is 0 Å². The SMILES string of the molecule is Nc1cc(-c2nnn[nH]2)ccc1N1CCCCC1. The predicted molar refractivity (Wildman–Crippen MR) is 70.1 cm³/mol. The van der Waals surface area contributed by atoms with E-state index in [4.69, 9.17) is 5.73 Å². The number of aromatic amines is 1. The normalized spacial score (nSPS) is 15.9. The largest absolute Gasteiger partial charge is 0.397 e. The van der Waals surface area contributed by atoms with Gasteiger partial charge in [0, 0.05) is 18.7 Å². The van der Waals surface area contributed by atoms with Crippen molar-refractivity contribution in [1.82, 2.24) is 20.6 Å². The number of nitrogens with zero attached hydrogens (tertiary/aromatic N) is 4. The molecule has 0 aliphatic carbocycles. The van der Waals surface area contributed by atoms with Crippen molar-refractivity contribution in [2.75, 3.05) is 23.7 Å². The van der Waals surface area contributed by atoms with Crippen molar-refractivity contribution in [1.29, 1.82) is 0 Å². The monoisotopic (exact) mass is 244 g/mol. The summed E-state index contributed by atoms with van der Waals surface area (Å²) < 4.78 is 0. The van der Waals surface area contributed by atoms with Crippen molar-refractivity contribution in [2.45, 2.75) is 19.3 Å². The smallest absolute Gasteiger partial charge is 0.179 e. The zero-order chi connectivity index (χ0) is 12.4. The minimum absolute atomic E-state index is 0.645. The van der Waals surface area contributed by atoms with Gasteiger partial charge in [-0.05, 0) is 47.9 Å². The molecule has 1 aromatic carbocycles. The van der Waals surface area contributed by atoms with Crippen LogP contribution in [-0.4, -0.2) is 33.7 Å². The molecule has 1 aliphatic heterocycles. The topological polar surface area (TPSA) is 83.7 Å². The van der Waals surface area contributed by atoms with Crippen LogP contribution in [0.4, 0.5) is 11.4 Å². The number of hydrogen-bond acceptors (Lipinski definition) is 5. The van der Waals surface area contributed by atoms with Gasteiger partial charge in [-0.25, -0.2) is 5.10 Å². The molecule has 0 amide bonds. The molecule has 0 spiro atoms. The highest BCUT2D eigenvalue weighted by Gasteiger charge is 2.14. The number of rotatable bonds is 2. The summed E-state index contributed by atoms with van der Waals surface area (Å²) in [6.07, 6.45) is 3.80. The van der Waals surface area contributed by atoms with Gasteiger partial charge in [0.25, 0.3) is 0 Å². The van der Waals surface area contributed by atoms with Crippen LogP contribution in [0.3, 0.4) is 0 Å². The van der Waals surface area contributed by atoms with Gasteiger partial charge >= 0.3 is 0 Å². The summed E-state index contributed by atoms with van der Waals surface area (Å²) in [6, 6.07) is 5.98. The summed E-state index contributed by atoms with van der Waals surface area (Å²) >= 11 is 0. The van der Waals surface area contributed by atoms with E-state index >= 15 is 0 Å². The summed E-state index contributed by atoms with van der Waals surface area (Å²) in [6.45, 7) is 2.18. The molecule has 0 radical (unpaired) electrons. The molecule has 1 aromatic heterocycles. The second kappa shape index (κ2) is 4.64. The van der Waals surface area contributed by atoms with E-state index in [0.29, 0.717) is 5.82 Å². The van der Waals surface area contributed by atoms with Crippen LogP contribution in [-0.2, 0) is 0 Å². The van der Waals surface area contributed by atoms with Gasteiger partial charge in [0.15, 0.2) is 5.82 Å². The summed E-state index contributed by atoms with van der Waals surface area (Å²) in [5.41, 5.74) is 8.95. The Bertz CT molecular complexity index is 515. The molecular formula is C12H16N6. The Hall–Kier alpha value is -2.11. The molecule has 0 saturated carbocycles. The molecule has 1 fully saturated rings. The number of H-pyrrole nitrogens is 1. The van der Waals surface area contributed by atoms with Crippen LogP contribution in [0, 0.1) is 0 Å². The fraction of sp³-hybridized carbons (Fsp3) is 0.417. The van der Waals surface area contributed by atoms with Crippen LogP contribution in [0.5, 0.6) is 0 Å². The van der Waals surface area contributed by atoms with Crippen molar-refractivity contribution in [3.8, 4) is 11.4 Å². The molecule has 18 heavy (non-hydrogen) atoms. The Morgan fingerprint density at radius 2 is 2.00 bits per heavy atom. The van der Waals surface area contributed by atoms with Crippen LogP contribution in [0.1, 0.15) is 19.3 Å². The maximum Gasteiger partial charge on any atom is 0.179 e. The standard InChI is InChI=1S/C12H16N6/c13-10-8-9(12-14-16-17-15-12)4-5-11(10)18-6-2-1-3-7-18/h4-5,8H,1-3,6-7,13H2,(H,14,15,16,17). The Labute approximate surface area is 105 Å². The van der Waals surface area contributed by atoms with E-state index in [1.54, 1.807) is 0 Å². The number of nitrogens with two attached hydrogens (primary N) is 1. The van der Waals surface area contributed by atoms with E-state index in [1.807, 2.05) is 12.1 Å². The van der Waals surface area contributed by atoms with Gasteiger partial charge in [-0.1, -0.05) is 0 Å². The zero-order valence-electron chi connectivity index (χ0n) is 10.1. The average molecular weight is 244 g/mol.